The zero-order chi connectivity index (χ0) is 14.7. The molecule has 0 aliphatic carbocycles. The standard InChI is InChI=1S/C12H9Br2ClN4O/c13-7-2-1-3-8(14)11(7)18-12(20)6-4-9(15)17-10(5-6)19-16/h1-5H,16H2,(H,17,19)(H,18,20). The maximum absolute atomic E-state index is 12.2. The lowest BCUT2D eigenvalue weighted by molar-refractivity contribution is 0.102. The molecule has 0 aliphatic heterocycles. The van der Waals surface area contributed by atoms with Crippen molar-refractivity contribution in [2.45, 2.75) is 0 Å². The lowest BCUT2D eigenvalue weighted by Gasteiger charge is -2.10. The number of para-hydroxylation sites is 1. The number of halogens is 3. The summed E-state index contributed by atoms with van der Waals surface area (Å²) in [6.07, 6.45) is 0. The van der Waals surface area contributed by atoms with Crippen LogP contribution in [0.15, 0.2) is 39.3 Å². The van der Waals surface area contributed by atoms with Crippen LogP contribution in [0, 0.1) is 0 Å². The van der Waals surface area contributed by atoms with Crippen LogP contribution in [0.1, 0.15) is 10.4 Å². The van der Waals surface area contributed by atoms with Crippen molar-refractivity contribution in [2.75, 3.05) is 10.7 Å². The molecule has 0 saturated carbocycles. The summed E-state index contributed by atoms with van der Waals surface area (Å²) >= 11 is 12.6. The van der Waals surface area contributed by atoms with Gasteiger partial charge in [-0.05, 0) is 56.1 Å². The highest BCUT2D eigenvalue weighted by molar-refractivity contribution is 9.11. The number of aromatic nitrogens is 1. The average Bonchev–Trinajstić information content (AvgIpc) is 2.42. The van der Waals surface area contributed by atoms with Crippen LogP contribution in [0.5, 0.6) is 0 Å². The molecule has 2 rings (SSSR count). The monoisotopic (exact) mass is 418 g/mol. The second-order valence-corrected chi connectivity index (χ2v) is 5.85. The third kappa shape index (κ3) is 3.49. The molecule has 0 spiro atoms. The molecule has 0 aliphatic rings. The molecular weight excluding hydrogens is 411 g/mol. The molecule has 104 valence electrons. The number of nitrogens with one attached hydrogen (secondary N) is 2. The minimum absolute atomic E-state index is 0.178. The van der Waals surface area contributed by atoms with Gasteiger partial charge in [-0.25, -0.2) is 10.8 Å². The zero-order valence-electron chi connectivity index (χ0n) is 9.95. The highest BCUT2D eigenvalue weighted by Gasteiger charge is 2.13. The van der Waals surface area contributed by atoms with Crippen LogP contribution >= 0.6 is 43.5 Å². The molecule has 2 aromatic rings. The van der Waals surface area contributed by atoms with Gasteiger partial charge in [0.15, 0.2) is 0 Å². The number of hydrazine groups is 1. The number of pyridine rings is 1. The molecule has 0 atom stereocenters. The summed E-state index contributed by atoms with van der Waals surface area (Å²) in [5, 5.41) is 2.96. The van der Waals surface area contributed by atoms with Crippen LogP contribution in [-0.4, -0.2) is 10.9 Å². The summed E-state index contributed by atoms with van der Waals surface area (Å²) in [6.45, 7) is 0. The molecule has 5 nitrogen and oxygen atoms in total. The molecule has 1 aromatic carbocycles. The van der Waals surface area contributed by atoms with E-state index in [0.717, 1.165) is 8.95 Å². The number of anilines is 2. The van der Waals surface area contributed by atoms with Crippen molar-refractivity contribution in [3.05, 3.63) is 50.0 Å². The van der Waals surface area contributed by atoms with Crippen LogP contribution in [0.2, 0.25) is 5.15 Å². The Hall–Kier alpha value is -1.15. The van der Waals surface area contributed by atoms with Crippen molar-refractivity contribution in [2.24, 2.45) is 5.84 Å². The SMILES string of the molecule is NNc1cc(C(=O)Nc2c(Br)cccc2Br)cc(Cl)n1. The predicted molar refractivity (Wildman–Crippen MR) is 86.9 cm³/mol. The fourth-order valence-corrected chi connectivity index (χ4v) is 2.91. The fraction of sp³-hybridized carbons (Fsp3) is 0. The Labute approximate surface area is 137 Å². The summed E-state index contributed by atoms with van der Waals surface area (Å²) in [7, 11) is 0. The fourth-order valence-electron chi connectivity index (χ4n) is 1.50. The maximum Gasteiger partial charge on any atom is 0.255 e. The Morgan fingerprint density at radius 1 is 1.25 bits per heavy atom. The second kappa shape index (κ2) is 6.53. The first kappa shape index (κ1) is 15.2. The van der Waals surface area contributed by atoms with Gasteiger partial charge in [0.25, 0.3) is 5.91 Å². The zero-order valence-corrected chi connectivity index (χ0v) is 13.9. The highest BCUT2D eigenvalue weighted by Crippen LogP contribution is 2.31. The van der Waals surface area contributed by atoms with Gasteiger partial charge < -0.3 is 10.7 Å². The Balaban J connectivity index is 2.31. The van der Waals surface area contributed by atoms with Crippen LogP contribution in [0.4, 0.5) is 11.5 Å². The van der Waals surface area contributed by atoms with Gasteiger partial charge in [0.1, 0.15) is 11.0 Å². The van der Waals surface area contributed by atoms with Crippen molar-refractivity contribution in [1.82, 2.24) is 4.98 Å². The molecule has 4 N–H and O–H groups in total. The molecule has 1 aromatic heterocycles. The molecule has 0 radical (unpaired) electrons. The van der Waals surface area contributed by atoms with E-state index >= 15 is 0 Å². The van der Waals surface area contributed by atoms with Crippen molar-refractivity contribution in [3.8, 4) is 0 Å². The van der Waals surface area contributed by atoms with E-state index in [1.54, 1.807) is 0 Å². The van der Waals surface area contributed by atoms with Crippen LogP contribution in [0.25, 0.3) is 0 Å². The topological polar surface area (TPSA) is 80.0 Å². The van der Waals surface area contributed by atoms with E-state index in [4.69, 9.17) is 17.4 Å². The molecule has 0 unspecified atom stereocenters. The van der Waals surface area contributed by atoms with Crippen molar-refractivity contribution in [1.29, 1.82) is 0 Å². The molecule has 0 saturated heterocycles. The quantitative estimate of drug-likeness (QED) is 0.401. The first-order chi connectivity index (χ1) is 9.51. The number of benzene rings is 1. The van der Waals surface area contributed by atoms with Crippen LogP contribution in [-0.2, 0) is 0 Å². The summed E-state index contributed by atoms with van der Waals surface area (Å²) < 4.78 is 1.52. The van der Waals surface area contributed by atoms with Crippen molar-refractivity contribution < 1.29 is 4.79 Å². The molecule has 8 heteroatoms. The summed E-state index contributed by atoms with van der Waals surface area (Å²) in [5.41, 5.74) is 3.34. The Morgan fingerprint density at radius 2 is 1.90 bits per heavy atom. The largest absolute Gasteiger partial charge is 0.320 e. The Kier molecular flexibility index (Phi) is 4.98. The van der Waals surface area contributed by atoms with Crippen molar-refractivity contribution >= 4 is 60.9 Å². The van der Waals surface area contributed by atoms with E-state index in [-0.39, 0.29) is 11.1 Å². The number of nitrogens with zero attached hydrogens (tertiary/aromatic N) is 1. The second-order valence-electron chi connectivity index (χ2n) is 3.76. The van der Waals surface area contributed by atoms with Gasteiger partial charge in [-0.1, -0.05) is 17.7 Å². The van der Waals surface area contributed by atoms with E-state index in [1.807, 2.05) is 18.2 Å². The summed E-state index contributed by atoms with van der Waals surface area (Å²) in [6, 6.07) is 8.47. The third-order valence-electron chi connectivity index (χ3n) is 2.41. The number of nitrogens with two attached hydrogens (primary N) is 1. The van der Waals surface area contributed by atoms with Gasteiger partial charge in [0.05, 0.1) is 5.69 Å². The van der Waals surface area contributed by atoms with E-state index < -0.39 is 0 Å². The molecule has 1 heterocycles. The number of hydrogen-bond acceptors (Lipinski definition) is 4. The highest BCUT2D eigenvalue weighted by atomic mass is 79.9. The van der Waals surface area contributed by atoms with E-state index in [0.29, 0.717) is 17.1 Å². The smallest absolute Gasteiger partial charge is 0.255 e. The molecule has 0 bridgehead atoms. The molecule has 1 amide bonds. The number of hydrogen-bond donors (Lipinski definition) is 3. The molecule has 0 fully saturated rings. The van der Waals surface area contributed by atoms with Gasteiger partial charge in [0.2, 0.25) is 0 Å². The van der Waals surface area contributed by atoms with E-state index in [9.17, 15) is 4.79 Å². The van der Waals surface area contributed by atoms with Crippen LogP contribution < -0.4 is 16.6 Å². The first-order valence-electron chi connectivity index (χ1n) is 5.41. The van der Waals surface area contributed by atoms with Gasteiger partial charge in [-0.15, -0.1) is 0 Å². The average molecular weight is 420 g/mol. The lowest BCUT2D eigenvalue weighted by atomic mass is 10.2. The predicted octanol–water partition coefficient (Wildman–Crippen LogP) is 3.80. The molecular formula is C12H9Br2ClN4O. The number of nitrogen functional groups attached to an aromatic ring is 1. The van der Waals surface area contributed by atoms with E-state index in [1.165, 1.54) is 12.1 Å². The lowest BCUT2D eigenvalue weighted by Crippen LogP contribution is -2.15. The first-order valence-corrected chi connectivity index (χ1v) is 7.37. The minimum Gasteiger partial charge on any atom is -0.320 e. The maximum atomic E-state index is 12.2. The third-order valence-corrected chi connectivity index (χ3v) is 3.92. The van der Waals surface area contributed by atoms with Gasteiger partial charge >= 0.3 is 0 Å². The van der Waals surface area contributed by atoms with Gasteiger partial charge in [-0.2, -0.15) is 0 Å². The van der Waals surface area contributed by atoms with Crippen molar-refractivity contribution in [3.63, 3.8) is 0 Å². The van der Waals surface area contributed by atoms with E-state index in [2.05, 4.69) is 47.6 Å². The number of amides is 1. The molecule has 20 heavy (non-hydrogen) atoms. The number of carbonyl (C=O) groups excluding carboxylic acids is 1. The normalized spacial score (nSPS) is 10.2. The number of rotatable bonds is 3. The minimum atomic E-state index is -0.321. The summed E-state index contributed by atoms with van der Waals surface area (Å²) in [5.74, 6) is 5.26. The van der Waals surface area contributed by atoms with Gasteiger partial charge in [0, 0.05) is 14.5 Å². The van der Waals surface area contributed by atoms with Gasteiger partial charge in [-0.3, -0.25) is 4.79 Å². The summed E-state index contributed by atoms with van der Waals surface area (Å²) in [4.78, 5) is 16.1. The number of carbonyl (C=O) groups is 1. The Morgan fingerprint density at radius 3 is 2.50 bits per heavy atom. The van der Waals surface area contributed by atoms with Crippen LogP contribution in [0.3, 0.4) is 0 Å². The Bertz CT molecular complexity index is 646.